The molecule has 0 unspecified atom stereocenters. The van der Waals surface area contributed by atoms with Crippen LogP contribution in [0.25, 0.3) is 0 Å². The molecule has 0 fully saturated rings. The molecule has 144 valence electrons. The minimum Gasteiger partial charge on any atom is -0.374 e. The van der Waals surface area contributed by atoms with Crippen molar-refractivity contribution in [1.29, 1.82) is 0 Å². The predicted molar refractivity (Wildman–Crippen MR) is 114 cm³/mol. The summed E-state index contributed by atoms with van der Waals surface area (Å²) in [5.74, 6) is 0.842. The van der Waals surface area contributed by atoms with Crippen molar-refractivity contribution in [3.8, 4) is 0 Å². The van der Waals surface area contributed by atoms with Crippen molar-refractivity contribution in [3.63, 3.8) is 0 Å². The third kappa shape index (κ3) is 5.60. The van der Waals surface area contributed by atoms with Gasteiger partial charge < -0.3 is 15.5 Å². The maximum Gasteiger partial charge on any atom is 0.191 e. The molecule has 0 bridgehead atoms. The molecule has 5 nitrogen and oxygen atoms in total. The first kappa shape index (κ1) is 19.5. The topological polar surface area (TPSA) is 52.6 Å². The monoisotopic (exact) mass is 385 g/mol. The van der Waals surface area contributed by atoms with Crippen LogP contribution in [0.3, 0.4) is 0 Å². The van der Waals surface area contributed by atoms with E-state index in [0.717, 1.165) is 44.0 Å². The minimum atomic E-state index is 0.526. The summed E-state index contributed by atoms with van der Waals surface area (Å²) in [6.45, 7) is 5.53. The fourth-order valence-electron chi connectivity index (χ4n) is 3.33. The lowest BCUT2D eigenvalue weighted by atomic mass is 10.00. The average Bonchev–Trinajstić information content (AvgIpc) is 2.68. The number of aromatic nitrogens is 1. The van der Waals surface area contributed by atoms with Gasteiger partial charge in [0.1, 0.15) is 5.15 Å². The summed E-state index contributed by atoms with van der Waals surface area (Å²) in [6, 6.07) is 10.5. The summed E-state index contributed by atoms with van der Waals surface area (Å²) >= 11 is 5.83. The first-order valence-electron chi connectivity index (χ1n) is 9.61. The number of rotatable bonds is 6. The Morgan fingerprint density at radius 3 is 2.85 bits per heavy atom. The van der Waals surface area contributed by atoms with Crippen LogP contribution in [0.4, 0.5) is 5.69 Å². The van der Waals surface area contributed by atoms with Gasteiger partial charge in [0.2, 0.25) is 0 Å². The Morgan fingerprint density at radius 2 is 2.07 bits per heavy atom. The van der Waals surface area contributed by atoms with Gasteiger partial charge in [0, 0.05) is 38.6 Å². The van der Waals surface area contributed by atoms with Crippen LogP contribution in [-0.4, -0.2) is 37.6 Å². The normalized spacial score (nSPS) is 14.0. The van der Waals surface area contributed by atoms with E-state index in [1.165, 1.54) is 23.2 Å². The molecule has 2 aromatic rings. The smallest absolute Gasteiger partial charge is 0.191 e. The van der Waals surface area contributed by atoms with Gasteiger partial charge in [-0.05, 0) is 55.0 Å². The van der Waals surface area contributed by atoms with Gasteiger partial charge in [-0.2, -0.15) is 0 Å². The number of halogens is 1. The molecular formula is C21H28ClN5. The lowest BCUT2D eigenvalue weighted by Crippen LogP contribution is -2.38. The zero-order chi connectivity index (χ0) is 19.1. The van der Waals surface area contributed by atoms with Crippen molar-refractivity contribution in [2.24, 2.45) is 4.99 Å². The maximum absolute atomic E-state index is 5.83. The second-order valence-corrected chi connectivity index (χ2v) is 7.24. The van der Waals surface area contributed by atoms with Gasteiger partial charge in [-0.1, -0.05) is 29.8 Å². The Morgan fingerprint density at radius 1 is 1.22 bits per heavy atom. The summed E-state index contributed by atoms with van der Waals surface area (Å²) in [5.41, 5.74) is 5.20. The Labute approximate surface area is 166 Å². The van der Waals surface area contributed by atoms with Gasteiger partial charge >= 0.3 is 0 Å². The zero-order valence-corrected chi connectivity index (χ0v) is 16.9. The van der Waals surface area contributed by atoms with E-state index in [9.17, 15) is 0 Å². The molecule has 1 aromatic heterocycles. The number of benzene rings is 1. The highest BCUT2D eigenvalue weighted by molar-refractivity contribution is 6.29. The highest BCUT2D eigenvalue weighted by Gasteiger charge is 2.13. The molecule has 2 heterocycles. The molecule has 1 aromatic carbocycles. The quantitative estimate of drug-likeness (QED) is 0.454. The van der Waals surface area contributed by atoms with Gasteiger partial charge in [0.25, 0.3) is 0 Å². The lowest BCUT2D eigenvalue weighted by molar-refractivity contribution is 0.742. The Bertz CT molecular complexity index is 773. The van der Waals surface area contributed by atoms with Gasteiger partial charge in [-0.25, -0.2) is 9.98 Å². The van der Waals surface area contributed by atoms with Crippen molar-refractivity contribution in [1.82, 2.24) is 15.6 Å². The number of aliphatic imine (C=N–C) groups is 1. The van der Waals surface area contributed by atoms with Crippen molar-refractivity contribution in [2.75, 3.05) is 31.6 Å². The maximum atomic E-state index is 5.83. The van der Waals surface area contributed by atoms with Crippen molar-refractivity contribution >= 4 is 23.2 Å². The van der Waals surface area contributed by atoms with E-state index in [0.29, 0.717) is 11.7 Å². The first-order valence-corrected chi connectivity index (χ1v) is 9.99. The van der Waals surface area contributed by atoms with Crippen LogP contribution in [0, 0.1) is 0 Å². The van der Waals surface area contributed by atoms with Gasteiger partial charge in [-0.3, -0.25) is 0 Å². The summed E-state index contributed by atoms with van der Waals surface area (Å²) in [5, 5.41) is 7.23. The lowest BCUT2D eigenvalue weighted by Gasteiger charge is -2.27. The number of nitrogens with one attached hydrogen (secondary N) is 2. The summed E-state index contributed by atoms with van der Waals surface area (Å²) in [6.07, 6.45) is 5.07. The average molecular weight is 386 g/mol. The van der Waals surface area contributed by atoms with Crippen molar-refractivity contribution in [2.45, 2.75) is 32.7 Å². The summed E-state index contributed by atoms with van der Waals surface area (Å²) in [7, 11) is 2.17. The molecule has 2 N–H and O–H groups in total. The van der Waals surface area contributed by atoms with Crippen molar-refractivity contribution < 1.29 is 0 Å². The van der Waals surface area contributed by atoms with Crippen LogP contribution in [0.5, 0.6) is 0 Å². The number of aryl methyl sites for hydroxylation is 1. The third-order valence-corrected chi connectivity index (χ3v) is 4.98. The SMILES string of the molecule is CCNC(=NCc1ccc2c(c1)CCCN2C)NCCc1ccc(Cl)nc1. The molecule has 1 aliphatic rings. The largest absolute Gasteiger partial charge is 0.374 e. The molecule has 1 aliphatic heterocycles. The van der Waals surface area contributed by atoms with Crippen LogP contribution in [-0.2, 0) is 19.4 Å². The molecule has 0 aliphatic carbocycles. The number of fused-ring (bicyclic) bond motifs is 1. The molecule has 0 saturated heterocycles. The molecule has 0 spiro atoms. The zero-order valence-electron chi connectivity index (χ0n) is 16.1. The van der Waals surface area contributed by atoms with Crippen LogP contribution in [0.2, 0.25) is 5.15 Å². The summed E-state index contributed by atoms with van der Waals surface area (Å²) < 4.78 is 0. The number of guanidine groups is 1. The van der Waals surface area contributed by atoms with Crippen molar-refractivity contribution in [3.05, 3.63) is 58.4 Å². The Kier molecular flexibility index (Phi) is 6.93. The highest BCUT2D eigenvalue weighted by Crippen LogP contribution is 2.26. The van der Waals surface area contributed by atoms with Crippen LogP contribution in [0.15, 0.2) is 41.5 Å². The van der Waals surface area contributed by atoms with Gasteiger partial charge in [-0.15, -0.1) is 0 Å². The van der Waals surface area contributed by atoms with Crippen LogP contribution < -0.4 is 15.5 Å². The van der Waals surface area contributed by atoms with Gasteiger partial charge in [0.15, 0.2) is 5.96 Å². The molecule has 27 heavy (non-hydrogen) atoms. The number of nitrogens with zero attached hydrogens (tertiary/aromatic N) is 3. The number of anilines is 1. The van der Waals surface area contributed by atoms with Crippen LogP contribution in [0.1, 0.15) is 30.0 Å². The fourth-order valence-corrected chi connectivity index (χ4v) is 3.44. The standard InChI is InChI=1S/C21H28ClN5/c1-3-23-21(24-11-10-16-7-9-20(22)25-14-16)26-15-17-6-8-19-18(13-17)5-4-12-27(19)2/h6-9,13-14H,3-5,10-12,15H2,1-2H3,(H2,23,24,26). The Balaban J connectivity index is 1.57. The van der Waals surface area contributed by atoms with E-state index in [4.69, 9.17) is 16.6 Å². The summed E-state index contributed by atoms with van der Waals surface area (Å²) in [4.78, 5) is 11.2. The number of hydrogen-bond acceptors (Lipinski definition) is 3. The second kappa shape index (κ2) is 9.60. The predicted octanol–water partition coefficient (Wildman–Crippen LogP) is 3.42. The molecule has 6 heteroatoms. The van der Waals surface area contributed by atoms with E-state index >= 15 is 0 Å². The highest BCUT2D eigenvalue weighted by atomic mass is 35.5. The number of hydrogen-bond donors (Lipinski definition) is 2. The molecule has 0 saturated carbocycles. The van der Waals surface area contributed by atoms with E-state index in [1.54, 1.807) is 0 Å². The van der Waals surface area contributed by atoms with Gasteiger partial charge in [0.05, 0.1) is 6.54 Å². The minimum absolute atomic E-state index is 0.526. The second-order valence-electron chi connectivity index (χ2n) is 6.85. The van der Waals surface area contributed by atoms with E-state index < -0.39 is 0 Å². The van der Waals surface area contributed by atoms with E-state index in [-0.39, 0.29) is 0 Å². The van der Waals surface area contributed by atoms with E-state index in [2.05, 4.69) is 52.7 Å². The number of pyridine rings is 1. The molecular weight excluding hydrogens is 358 g/mol. The van der Waals surface area contributed by atoms with E-state index in [1.807, 2.05) is 18.3 Å². The molecule has 3 rings (SSSR count). The Hall–Kier alpha value is -2.27. The first-order chi connectivity index (χ1) is 13.2. The molecule has 0 radical (unpaired) electrons. The van der Waals surface area contributed by atoms with Crippen LogP contribution >= 0.6 is 11.6 Å². The fraction of sp³-hybridized carbons (Fsp3) is 0.429. The molecule has 0 atom stereocenters. The third-order valence-electron chi connectivity index (χ3n) is 4.75. The molecule has 0 amide bonds.